The highest BCUT2D eigenvalue weighted by Crippen LogP contribution is 2.25. The summed E-state index contributed by atoms with van der Waals surface area (Å²) < 4.78 is 1.75. The van der Waals surface area contributed by atoms with E-state index in [9.17, 15) is 4.79 Å². The molecular formula is C10H6BrCl2N3O. The maximum absolute atomic E-state index is 12.2. The van der Waals surface area contributed by atoms with E-state index in [2.05, 4.69) is 26.2 Å². The lowest BCUT2D eigenvalue weighted by Gasteiger charge is -2.04. The number of halogens is 3. The normalized spacial score (nSPS) is 10.6. The number of ketones is 1. The minimum atomic E-state index is -0.281. The van der Waals surface area contributed by atoms with Gasteiger partial charge in [0, 0.05) is 17.6 Å². The molecule has 0 atom stereocenters. The van der Waals surface area contributed by atoms with Crippen molar-refractivity contribution in [2.75, 3.05) is 0 Å². The number of rotatable bonds is 2. The minimum Gasteiger partial charge on any atom is -0.287 e. The molecule has 2 aromatic rings. The largest absolute Gasteiger partial charge is 0.287 e. The molecule has 1 heterocycles. The molecule has 0 spiro atoms. The third kappa shape index (κ3) is 2.36. The van der Waals surface area contributed by atoms with E-state index in [1.54, 1.807) is 19.2 Å². The highest BCUT2D eigenvalue weighted by Gasteiger charge is 2.21. The van der Waals surface area contributed by atoms with Crippen molar-refractivity contribution in [1.29, 1.82) is 0 Å². The van der Waals surface area contributed by atoms with Gasteiger partial charge in [-0.05, 0) is 34.1 Å². The predicted octanol–water partition coefficient (Wildman–Crippen LogP) is 3.12. The number of nitrogens with zero attached hydrogens (tertiary/aromatic N) is 3. The fourth-order valence-electron chi connectivity index (χ4n) is 1.37. The second-order valence-corrected chi connectivity index (χ2v) is 4.90. The maximum Gasteiger partial charge on any atom is 0.215 e. The lowest BCUT2D eigenvalue weighted by atomic mass is 10.1. The van der Waals surface area contributed by atoms with Crippen LogP contribution in [0.15, 0.2) is 22.8 Å². The molecule has 0 saturated carbocycles. The van der Waals surface area contributed by atoms with Crippen LogP contribution in [-0.4, -0.2) is 20.8 Å². The summed E-state index contributed by atoms with van der Waals surface area (Å²) in [6, 6.07) is 4.72. The van der Waals surface area contributed by atoms with E-state index in [1.807, 2.05) is 0 Å². The Hall–Kier alpha value is -0.910. The molecule has 1 aromatic heterocycles. The average molecular weight is 335 g/mol. The van der Waals surface area contributed by atoms with Crippen molar-refractivity contribution < 1.29 is 4.79 Å². The molecule has 17 heavy (non-hydrogen) atoms. The van der Waals surface area contributed by atoms with E-state index in [4.69, 9.17) is 23.2 Å². The number of aryl methyl sites for hydroxylation is 1. The van der Waals surface area contributed by atoms with Crippen LogP contribution in [-0.2, 0) is 7.05 Å². The van der Waals surface area contributed by atoms with Gasteiger partial charge >= 0.3 is 0 Å². The molecule has 0 fully saturated rings. The molecule has 2 rings (SSSR count). The number of carbonyl (C=O) groups excluding carboxylic acids is 1. The second kappa shape index (κ2) is 4.76. The third-order valence-corrected chi connectivity index (χ3v) is 3.27. The molecule has 0 saturated heterocycles. The number of aromatic nitrogens is 3. The summed E-state index contributed by atoms with van der Waals surface area (Å²) in [5, 5.41) is 8.27. The van der Waals surface area contributed by atoms with E-state index in [0.29, 0.717) is 25.9 Å². The molecule has 0 radical (unpaired) electrons. The van der Waals surface area contributed by atoms with Crippen LogP contribution in [0.3, 0.4) is 0 Å². The van der Waals surface area contributed by atoms with Crippen LogP contribution in [0.5, 0.6) is 0 Å². The van der Waals surface area contributed by atoms with Gasteiger partial charge < -0.3 is 0 Å². The zero-order chi connectivity index (χ0) is 12.6. The van der Waals surface area contributed by atoms with Crippen molar-refractivity contribution >= 4 is 44.9 Å². The van der Waals surface area contributed by atoms with E-state index in [-0.39, 0.29) is 5.78 Å². The standard InChI is InChI=1S/C10H6BrCl2N3O/c1-16-8(10(11)14-15-16)9(17)6-4-5(12)2-3-7(6)13/h2-4H,1H3. The Morgan fingerprint density at radius 3 is 2.71 bits per heavy atom. The van der Waals surface area contributed by atoms with Gasteiger partial charge in [-0.1, -0.05) is 28.4 Å². The van der Waals surface area contributed by atoms with Crippen LogP contribution in [0.2, 0.25) is 10.0 Å². The molecule has 7 heteroatoms. The lowest BCUT2D eigenvalue weighted by molar-refractivity contribution is 0.102. The second-order valence-electron chi connectivity index (χ2n) is 3.31. The van der Waals surface area contributed by atoms with Crippen LogP contribution in [0.1, 0.15) is 16.1 Å². The van der Waals surface area contributed by atoms with Crippen molar-refractivity contribution in [2.24, 2.45) is 7.05 Å². The molecule has 4 nitrogen and oxygen atoms in total. The molecule has 0 aliphatic rings. The molecule has 0 amide bonds. The van der Waals surface area contributed by atoms with Crippen LogP contribution in [0, 0.1) is 0 Å². The fourth-order valence-corrected chi connectivity index (χ4v) is 2.25. The number of carbonyl (C=O) groups is 1. The Bertz CT molecular complexity index is 578. The van der Waals surface area contributed by atoms with Crippen LogP contribution in [0.4, 0.5) is 0 Å². The van der Waals surface area contributed by atoms with Gasteiger partial charge in [0.25, 0.3) is 0 Å². The Morgan fingerprint density at radius 1 is 1.41 bits per heavy atom. The van der Waals surface area contributed by atoms with E-state index in [1.165, 1.54) is 10.7 Å². The first-order chi connectivity index (χ1) is 8.00. The smallest absolute Gasteiger partial charge is 0.215 e. The van der Waals surface area contributed by atoms with Gasteiger partial charge in [0.1, 0.15) is 5.69 Å². The van der Waals surface area contributed by atoms with E-state index in [0.717, 1.165) is 0 Å². The number of benzene rings is 1. The third-order valence-electron chi connectivity index (χ3n) is 2.17. The Kier molecular flexibility index (Phi) is 3.51. The summed E-state index contributed by atoms with van der Waals surface area (Å²) >= 11 is 15.0. The molecule has 0 N–H and O–H groups in total. The van der Waals surface area contributed by atoms with E-state index < -0.39 is 0 Å². The van der Waals surface area contributed by atoms with Gasteiger partial charge in [0.2, 0.25) is 5.78 Å². The molecular weight excluding hydrogens is 329 g/mol. The van der Waals surface area contributed by atoms with Crippen molar-refractivity contribution in [3.63, 3.8) is 0 Å². The Morgan fingerprint density at radius 2 is 2.12 bits per heavy atom. The zero-order valence-corrected chi connectivity index (χ0v) is 11.7. The first-order valence-corrected chi connectivity index (χ1v) is 6.10. The molecule has 0 aliphatic carbocycles. The average Bonchev–Trinajstić information content (AvgIpc) is 2.61. The SMILES string of the molecule is Cn1nnc(Br)c1C(=O)c1cc(Cl)ccc1Cl. The van der Waals surface area contributed by atoms with Gasteiger partial charge in [-0.3, -0.25) is 4.79 Å². The highest BCUT2D eigenvalue weighted by molar-refractivity contribution is 9.10. The van der Waals surface area contributed by atoms with E-state index >= 15 is 0 Å². The van der Waals surface area contributed by atoms with Crippen molar-refractivity contribution in [1.82, 2.24) is 15.0 Å². The summed E-state index contributed by atoms with van der Waals surface area (Å²) in [5.74, 6) is -0.281. The molecule has 1 aromatic carbocycles. The van der Waals surface area contributed by atoms with Gasteiger partial charge in [0.05, 0.1) is 5.02 Å². The first kappa shape index (κ1) is 12.5. The summed E-state index contributed by atoms with van der Waals surface area (Å²) in [5.41, 5.74) is 0.652. The highest BCUT2D eigenvalue weighted by atomic mass is 79.9. The monoisotopic (exact) mass is 333 g/mol. The molecule has 0 aliphatic heterocycles. The first-order valence-electron chi connectivity index (χ1n) is 4.55. The fraction of sp³-hybridized carbons (Fsp3) is 0.100. The van der Waals surface area contributed by atoms with Gasteiger partial charge in [-0.25, -0.2) is 4.68 Å². The maximum atomic E-state index is 12.2. The Balaban J connectivity index is 2.55. The minimum absolute atomic E-state index is 0.281. The van der Waals surface area contributed by atoms with Crippen LogP contribution < -0.4 is 0 Å². The van der Waals surface area contributed by atoms with Gasteiger partial charge in [0.15, 0.2) is 4.60 Å². The summed E-state index contributed by atoms with van der Waals surface area (Å²) in [6.07, 6.45) is 0. The van der Waals surface area contributed by atoms with Crippen molar-refractivity contribution in [3.05, 3.63) is 44.1 Å². The molecule has 88 valence electrons. The van der Waals surface area contributed by atoms with Crippen LogP contribution in [0.25, 0.3) is 0 Å². The molecule has 0 unspecified atom stereocenters. The topological polar surface area (TPSA) is 47.8 Å². The number of hydrogen-bond donors (Lipinski definition) is 0. The summed E-state index contributed by atoms with van der Waals surface area (Å²) in [7, 11) is 1.63. The Labute approximate surface area is 116 Å². The van der Waals surface area contributed by atoms with Gasteiger partial charge in [-0.2, -0.15) is 0 Å². The molecule has 0 bridgehead atoms. The van der Waals surface area contributed by atoms with Gasteiger partial charge in [-0.15, -0.1) is 5.10 Å². The van der Waals surface area contributed by atoms with Crippen molar-refractivity contribution in [2.45, 2.75) is 0 Å². The lowest BCUT2D eigenvalue weighted by Crippen LogP contribution is -2.09. The summed E-state index contributed by atoms with van der Waals surface area (Å²) in [6.45, 7) is 0. The summed E-state index contributed by atoms with van der Waals surface area (Å²) in [4.78, 5) is 12.2. The number of hydrogen-bond acceptors (Lipinski definition) is 3. The van der Waals surface area contributed by atoms with Crippen molar-refractivity contribution in [3.8, 4) is 0 Å². The predicted molar refractivity (Wildman–Crippen MR) is 68.6 cm³/mol. The zero-order valence-electron chi connectivity index (χ0n) is 8.62. The quantitative estimate of drug-likeness (QED) is 0.793. The van der Waals surface area contributed by atoms with Crippen LogP contribution >= 0.6 is 39.1 Å².